The first-order valence-electron chi connectivity index (χ1n) is 4.31. The number of amides is 1. The van der Waals surface area contributed by atoms with E-state index in [2.05, 4.69) is 33.1 Å². The molecule has 1 aromatic rings. The summed E-state index contributed by atoms with van der Waals surface area (Å²) in [4.78, 5) is 22.1. The number of aromatic carboxylic acids is 1. The first-order chi connectivity index (χ1) is 7.54. The van der Waals surface area contributed by atoms with Crippen LogP contribution in [0.4, 0.5) is 5.69 Å². The van der Waals surface area contributed by atoms with Gasteiger partial charge in [0.15, 0.2) is 0 Å². The summed E-state index contributed by atoms with van der Waals surface area (Å²) in [5.74, 6) is 3.06. The van der Waals surface area contributed by atoms with Gasteiger partial charge < -0.3 is 10.4 Å². The molecule has 0 spiro atoms. The zero-order valence-electron chi connectivity index (χ0n) is 8.37. The van der Waals surface area contributed by atoms with Crippen LogP contribution in [-0.4, -0.2) is 17.0 Å². The van der Waals surface area contributed by atoms with E-state index in [1.807, 2.05) is 0 Å². The Morgan fingerprint density at radius 2 is 2.12 bits per heavy atom. The largest absolute Gasteiger partial charge is 0.478 e. The SMILES string of the molecule is CC#CC(=O)Nc1cc(Br)ccc1C(=O)O. The number of carbonyl (C=O) groups excluding carboxylic acids is 1. The van der Waals surface area contributed by atoms with E-state index in [1.165, 1.54) is 19.1 Å². The molecule has 5 heteroatoms. The molecular weight excluding hydrogens is 274 g/mol. The van der Waals surface area contributed by atoms with E-state index in [0.29, 0.717) is 4.47 Å². The molecule has 0 aromatic heterocycles. The zero-order valence-corrected chi connectivity index (χ0v) is 9.96. The summed E-state index contributed by atoms with van der Waals surface area (Å²) in [6.07, 6.45) is 0. The van der Waals surface area contributed by atoms with Gasteiger partial charge in [-0.1, -0.05) is 21.9 Å². The van der Waals surface area contributed by atoms with Gasteiger partial charge in [0, 0.05) is 4.47 Å². The lowest BCUT2D eigenvalue weighted by molar-refractivity contribution is -0.111. The summed E-state index contributed by atoms with van der Waals surface area (Å²) in [6.45, 7) is 1.53. The van der Waals surface area contributed by atoms with Crippen molar-refractivity contribution >= 4 is 33.5 Å². The molecule has 16 heavy (non-hydrogen) atoms. The van der Waals surface area contributed by atoms with Gasteiger partial charge >= 0.3 is 5.97 Å². The van der Waals surface area contributed by atoms with Crippen LogP contribution in [0.3, 0.4) is 0 Å². The van der Waals surface area contributed by atoms with Crippen molar-refractivity contribution in [2.24, 2.45) is 0 Å². The Kier molecular flexibility index (Phi) is 4.09. The Bertz CT molecular complexity index is 500. The zero-order chi connectivity index (χ0) is 12.1. The van der Waals surface area contributed by atoms with Gasteiger partial charge in [-0.3, -0.25) is 4.79 Å². The van der Waals surface area contributed by atoms with Gasteiger partial charge in [0.05, 0.1) is 11.3 Å². The molecule has 0 radical (unpaired) electrons. The van der Waals surface area contributed by atoms with Crippen LogP contribution < -0.4 is 5.32 Å². The Labute approximate surface area is 101 Å². The van der Waals surface area contributed by atoms with Crippen molar-refractivity contribution in [1.29, 1.82) is 0 Å². The third-order valence-corrected chi connectivity index (χ3v) is 2.19. The smallest absolute Gasteiger partial charge is 0.337 e. The molecule has 82 valence electrons. The Hall–Kier alpha value is -1.80. The number of hydrogen-bond acceptors (Lipinski definition) is 2. The van der Waals surface area contributed by atoms with Gasteiger partial charge in [0.25, 0.3) is 5.91 Å². The second kappa shape index (κ2) is 5.33. The highest BCUT2D eigenvalue weighted by Gasteiger charge is 2.11. The standard InChI is InChI=1S/C11H8BrNO3/c1-2-3-10(14)13-9-6-7(12)4-5-8(9)11(15)16/h4-6H,1H3,(H,13,14)(H,15,16). The molecule has 1 aromatic carbocycles. The van der Waals surface area contributed by atoms with Crippen LogP contribution in [0, 0.1) is 11.8 Å². The highest BCUT2D eigenvalue weighted by molar-refractivity contribution is 9.10. The molecule has 0 unspecified atom stereocenters. The maximum atomic E-state index is 11.2. The lowest BCUT2D eigenvalue weighted by atomic mass is 10.2. The van der Waals surface area contributed by atoms with Crippen molar-refractivity contribution < 1.29 is 14.7 Å². The average Bonchev–Trinajstić information content (AvgIpc) is 2.17. The molecule has 2 N–H and O–H groups in total. The van der Waals surface area contributed by atoms with Crippen molar-refractivity contribution in [2.45, 2.75) is 6.92 Å². The highest BCUT2D eigenvalue weighted by atomic mass is 79.9. The monoisotopic (exact) mass is 281 g/mol. The summed E-state index contributed by atoms with van der Waals surface area (Å²) in [7, 11) is 0. The van der Waals surface area contributed by atoms with Crippen LogP contribution >= 0.6 is 15.9 Å². The van der Waals surface area contributed by atoms with E-state index < -0.39 is 11.9 Å². The van der Waals surface area contributed by atoms with Gasteiger partial charge in [-0.25, -0.2) is 4.79 Å². The van der Waals surface area contributed by atoms with Gasteiger partial charge in [0.1, 0.15) is 0 Å². The molecule has 1 amide bonds. The molecular formula is C11H8BrNO3. The molecule has 1 rings (SSSR count). The van der Waals surface area contributed by atoms with Crippen molar-refractivity contribution in [3.8, 4) is 11.8 Å². The molecule has 0 aliphatic carbocycles. The molecule has 0 aliphatic heterocycles. The maximum absolute atomic E-state index is 11.2. The Balaban J connectivity index is 3.09. The van der Waals surface area contributed by atoms with Gasteiger partial charge in [0.2, 0.25) is 0 Å². The number of nitrogens with one attached hydrogen (secondary N) is 1. The molecule has 0 saturated carbocycles. The predicted molar refractivity (Wildman–Crippen MR) is 63.2 cm³/mol. The van der Waals surface area contributed by atoms with Crippen LogP contribution in [-0.2, 0) is 4.79 Å². The summed E-state index contributed by atoms with van der Waals surface area (Å²) in [6, 6.07) is 4.50. The minimum absolute atomic E-state index is 0.0226. The number of benzene rings is 1. The third kappa shape index (κ3) is 3.11. The average molecular weight is 282 g/mol. The second-order valence-electron chi connectivity index (χ2n) is 2.82. The van der Waals surface area contributed by atoms with Crippen LogP contribution in [0.5, 0.6) is 0 Å². The van der Waals surface area contributed by atoms with E-state index in [9.17, 15) is 9.59 Å². The van der Waals surface area contributed by atoms with Crippen molar-refractivity contribution in [2.75, 3.05) is 5.32 Å². The van der Waals surface area contributed by atoms with E-state index in [-0.39, 0.29) is 11.3 Å². The van der Waals surface area contributed by atoms with Gasteiger partial charge in [-0.05, 0) is 31.0 Å². The molecule has 4 nitrogen and oxygen atoms in total. The van der Waals surface area contributed by atoms with Crippen molar-refractivity contribution in [3.05, 3.63) is 28.2 Å². The Morgan fingerprint density at radius 1 is 1.44 bits per heavy atom. The Morgan fingerprint density at radius 3 is 2.69 bits per heavy atom. The predicted octanol–water partition coefficient (Wildman–Crippen LogP) is 2.11. The second-order valence-corrected chi connectivity index (χ2v) is 3.74. The van der Waals surface area contributed by atoms with Crippen LogP contribution in [0.25, 0.3) is 0 Å². The number of rotatable bonds is 2. The first kappa shape index (κ1) is 12.3. The van der Waals surface area contributed by atoms with E-state index in [0.717, 1.165) is 0 Å². The van der Waals surface area contributed by atoms with Crippen LogP contribution in [0.2, 0.25) is 0 Å². The first-order valence-corrected chi connectivity index (χ1v) is 5.10. The minimum atomic E-state index is -1.10. The molecule has 0 atom stereocenters. The van der Waals surface area contributed by atoms with Crippen LogP contribution in [0.1, 0.15) is 17.3 Å². The van der Waals surface area contributed by atoms with E-state index in [4.69, 9.17) is 5.11 Å². The fourth-order valence-electron chi connectivity index (χ4n) is 1.07. The fraction of sp³-hybridized carbons (Fsp3) is 0.0909. The number of carboxylic acid groups (broad SMARTS) is 1. The number of carbonyl (C=O) groups is 2. The van der Waals surface area contributed by atoms with Crippen molar-refractivity contribution in [1.82, 2.24) is 0 Å². The van der Waals surface area contributed by atoms with E-state index in [1.54, 1.807) is 6.07 Å². The van der Waals surface area contributed by atoms with Crippen molar-refractivity contribution in [3.63, 3.8) is 0 Å². The summed E-state index contributed by atoms with van der Waals surface area (Å²) >= 11 is 3.19. The molecule has 0 heterocycles. The number of anilines is 1. The molecule has 0 bridgehead atoms. The molecule has 0 aliphatic rings. The molecule has 0 fully saturated rings. The lowest BCUT2D eigenvalue weighted by Gasteiger charge is -2.06. The highest BCUT2D eigenvalue weighted by Crippen LogP contribution is 2.21. The third-order valence-electron chi connectivity index (χ3n) is 1.70. The number of carboxylic acids is 1. The summed E-state index contributed by atoms with van der Waals surface area (Å²) in [5.41, 5.74) is 0.240. The minimum Gasteiger partial charge on any atom is -0.478 e. The van der Waals surface area contributed by atoms with Gasteiger partial charge in [-0.2, -0.15) is 0 Å². The topological polar surface area (TPSA) is 66.4 Å². The lowest BCUT2D eigenvalue weighted by Crippen LogP contribution is -2.12. The quantitative estimate of drug-likeness (QED) is 0.816. The van der Waals surface area contributed by atoms with E-state index >= 15 is 0 Å². The number of hydrogen-bond donors (Lipinski definition) is 2. The maximum Gasteiger partial charge on any atom is 0.337 e. The number of halogens is 1. The summed E-state index contributed by atoms with van der Waals surface area (Å²) < 4.78 is 0.678. The van der Waals surface area contributed by atoms with Crippen LogP contribution in [0.15, 0.2) is 22.7 Å². The van der Waals surface area contributed by atoms with Gasteiger partial charge in [-0.15, -0.1) is 0 Å². The summed E-state index contributed by atoms with van der Waals surface area (Å²) in [5, 5.41) is 11.3. The normalized spacial score (nSPS) is 8.88. The molecule has 0 saturated heterocycles. The fourth-order valence-corrected chi connectivity index (χ4v) is 1.43.